The summed E-state index contributed by atoms with van der Waals surface area (Å²) >= 11 is 0. The number of carbonyl (C=O) groups excluding carboxylic acids is 1. The number of likely N-dealkylation sites (tertiary alicyclic amines) is 1. The molecule has 1 amide bonds. The second-order valence-corrected chi connectivity index (χ2v) is 12.4. The SMILES string of the molecule is CN(C(=O)C#Cc1ccc(C(F)(F)F)cc1)[C@@H]1CC[C@H]2[C@H]3Cc4ccc(O)c5c4[C@@]2(CCN3CC2CC2[N+](=O)[O-])[C@H]1O5. The van der Waals surface area contributed by atoms with Gasteiger partial charge in [-0.05, 0) is 74.0 Å². The maximum absolute atomic E-state index is 13.3. The van der Waals surface area contributed by atoms with Crippen LogP contribution < -0.4 is 4.74 Å². The van der Waals surface area contributed by atoms with E-state index in [2.05, 4.69) is 16.7 Å². The Hall–Kier alpha value is -3.78. The van der Waals surface area contributed by atoms with Crippen LogP contribution in [-0.4, -0.2) is 70.1 Å². The molecule has 7 rings (SSSR count). The third kappa shape index (κ3) is 4.06. The molecule has 5 aliphatic rings. The van der Waals surface area contributed by atoms with Crippen molar-refractivity contribution in [2.45, 2.75) is 67.9 Å². The molecular formula is C31H30F3N3O5. The number of aromatic hydroxyl groups is 1. The van der Waals surface area contributed by atoms with Crippen molar-refractivity contribution in [2.24, 2.45) is 11.8 Å². The van der Waals surface area contributed by atoms with E-state index in [0.717, 1.165) is 49.1 Å². The molecule has 7 atom stereocenters. The zero-order chi connectivity index (χ0) is 29.6. The van der Waals surface area contributed by atoms with Gasteiger partial charge in [-0.25, -0.2) is 0 Å². The second kappa shape index (κ2) is 9.36. The largest absolute Gasteiger partial charge is 0.504 e. The fourth-order valence-electron chi connectivity index (χ4n) is 8.32. The molecule has 2 heterocycles. The number of phenolic OH excluding ortho intramolecular Hbond substituents is 1. The van der Waals surface area contributed by atoms with Crippen molar-refractivity contribution in [3.63, 3.8) is 0 Å². The molecule has 2 aliphatic heterocycles. The summed E-state index contributed by atoms with van der Waals surface area (Å²) in [7, 11) is 1.68. The van der Waals surface area contributed by atoms with Crippen LogP contribution in [0.2, 0.25) is 0 Å². The minimum absolute atomic E-state index is 0.0739. The number of likely N-dealkylation sites (N-methyl/N-ethyl adjacent to an activating group) is 1. The number of nitrogens with zero attached hydrogens (tertiary/aromatic N) is 3. The van der Waals surface area contributed by atoms with Gasteiger partial charge in [0.25, 0.3) is 5.91 Å². The van der Waals surface area contributed by atoms with Gasteiger partial charge in [-0.2, -0.15) is 13.2 Å². The molecule has 2 unspecified atom stereocenters. The van der Waals surface area contributed by atoms with Gasteiger partial charge in [0.2, 0.25) is 6.04 Å². The molecule has 3 fully saturated rings. The van der Waals surface area contributed by atoms with Crippen LogP contribution in [-0.2, 0) is 22.8 Å². The van der Waals surface area contributed by atoms with Gasteiger partial charge in [0, 0.05) is 59.4 Å². The molecule has 1 saturated heterocycles. The number of nitro groups is 1. The van der Waals surface area contributed by atoms with Crippen LogP contribution >= 0.6 is 0 Å². The molecule has 8 nitrogen and oxygen atoms in total. The maximum atomic E-state index is 13.3. The molecular weight excluding hydrogens is 551 g/mol. The van der Waals surface area contributed by atoms with E-state index >= 15 is 0 Å². The predicted molar refractivity (Wildman–Crippen MR) is 144 cm³/mol. The summed E-state index contributed by atoms with van der Waals surface area (Å²) in [6, 6.07) is 7.43. The first-order chi connectivity index (χ1) is 20.0. The number of amides is 1. The third-order valence-corrected chi connectivity index (χ3v) is 10.4. The highest BCUT2D eigenvalue weighted by molar-refractivity contribution is 5.94. The average molecular weight is 582 g/mol. The van der Waals surface area contributed by atoms with E-state index in [-0.39, 0.29) is 34.6 Å². The molecule has 2 bridgehead atoms. The molecule has 0 radical (unpaired) electrons. The lowest BCUT2D eigenvalue weighted by molar-refractivity contribution is -0.498. The molecule has 2 aromatic rings. The Labute approximate surface area is 240 Å². The number of hydrogen-bond donors (Lipinski definition) is 1. The molecule has 0 aromatic heterocycles. The van der Waals surface area contributed by atoms with Crippen molar-refractivity contribution in [3.05, 3.63) is 68.8 Å². The number of halogens is 3. The number of ether oxygens (including phenoxy) is 1. The van der Waals surface area contributed by atoms with E-state index < -0.39 is 35.2 Å². The Morgan fingerprint density at radius 2 is 2.00 bits per heavy atom. The summed E-state index contributed by atoms with van der Waals surface area (Å²) in [5.74, 6) is 5.70. The summed E-state index contributed by atoms with van der Waals surface area (Å²) in [5.41, 5.74) is 1.30. The Morgan fingerprint density at radius 3 is 2.69 bits per heavy atom. The van der Waals surface area contributed by atoms with Gasteiger partial charge >= 0.3 is 6.18 Å². The number of alkyl halides is 3. The van der Waals surface area contributed by atoms with Crippen LogP contribution in [0.3, 0.4) is 0 Å². The van der Waals surface area contributed by atoms with Crippen LogP contribution in [0.15, 0.2) is 36.4 Å². The lowest BCUT2D eigenvalue weighted by atomic mass is 9.51. The van der Waals surface area contributed by atoms with Gasteiger partial charge in [-0.1, -0.05) is 12.0 Å². The number of phenols is 1. The summed E-state index contributed by atoms with van der Waals surface area (Å²) in [6.45, 7) is 1.46. The zero-order valence-electron chi connectivity index (χ0n) is 22.9. The number of rotatable bonds is 4. The first-order valence-corrected chi connectivity index (χ1v) is 14.3. The number of benzene rings is 2. The van der Waals surface area contributed by atoms with Crippen LogP contribution in [0.1, 0.15) is 47.9 Å². The number of piperidine rings is 1. The highest BCUT2D eigenvalue weighted by Gasteiger charge is 2.67. The lowest BCUT2D eigenvalue weighted by Crippen LogP contribution is -2.69. The molecule has 2 saturated carbocycles. The summed E-state index contributed by atoms with van der Waals surface area (Å²) in [6.07, 6.45) is -1.18. The quantitative estimate of drug-likeness (QED) is 0.333. The fraction of sp³-hybridized carbons (Fsp3) is 0.516. The van der Waals surface area contributed by atoms with Gasteiger partial charge in [-0.15, -0.1) is 0 Å². The summed E-state index contributed by atoms with van der Waals surface area (Å²) < 4.78 is 45.3. The van der Waals surface area contributed by atoms with Crippen molar-refractivity contribution in [1.82, 2.24) is 9.80 Å². The monoisotopic (exact) mass is 581 g/mol. The Bertz CT molecular complexity index is 1530. The van der Waals surface area contributed by atoms with Gasteiger partial charge in [0.15, 0.2) is 11.5 Å². The van der Waals surface area contributed by atoms with Crippen LogP contribution in [0.25, 0.3) is 0 Å². The van der Waals surface area contributed by atoms with E-state index in [0.29, 0.717) is 30.7 Å². The smallest absolute Gasteiger partial charge is 0.416 e. The number of hydrogen-bond acceptors (Lipinski definition) is 6. The van der Waals surface area contributed by atoms with E-state index in [4.69, 9.17) is 4.74 Å². The van der Waals surface area contributed by atoms with Crippen LogP contribution in [0.4, 0.5) is 13.2 Å². The van der Waals surface area contributed by atoms with Gasteiger partial charge in [0.05, 0.1) is 11.6 Å². The Kier molecular flexibility index (Phi) is 6.04. The van der Waals surface area contributed by atoms with E-state index in [1.165, 1.54) is 12.1 Å². The molecule has 1 spiro atoms. The highest BCUT2D eigenvalue weighted by atomic mass is 19.4. The minimum Gasteiger partial charge on any atom is -0.504 e. The van der Waals surface area contributed by atoms with Crippen molar-refractivity contribution >= 4 is 5.91 Å². The summed E-state index contributed by atoms with van der Waals surface area (Å²) in [5, 5.41) is 22.1. The Morgan fingerprint density at radius 1 is 1.24 bits per heavy atom. The van der Waals surface area contributed by atoms with E-state index in [9.17, 15) is 33.2 Å². The zero-order valence-corrected chi connectivity index (χ0v) is 22.9. The van der Waals surface area contributed by atoms with Crippen molar-refractivity contribution < 1.29 is 32.7 Å². The van der Waals surface area contributed by atoms with Crippen molar-refractivity contribution in [1.29, 1.82) is 0 Å². The van der Waals surface area contributed by atoms with Crippen molar-refractivity contribution in [3.8, 4) is 23.3 Å². The third-order valence-electron chi connectivity index (χ3n) is 10.4. The van der Waals surface area contributed by atoms with Crippen LogP contribution in [0.5, 0.6) is 11.5 Å². The predicted octanol–water partition coefficient (Wildman–Crippen LogP) is 3.99. The molecule has 1 N–H and O–H groups in total. The second-order valence-electron chi connectivity index (χ2n) is 12.4. The number of carbonyl (C=O) groups is 1. The topological polar surface area (TPSA) is 96.2 Å². The summed E-state index contributed by atoms with van der Waals surface area (Å²) in [4.78, 5) is 28.4. The van der Waals surface area contributed by atoms with Gasteiger partial charge < -0.3 is 14.7 Å². The average Bonchev–Trinajstić information content (AvgIpc) is 3.65. The van der Waals surface area contributed by atoms with Gasteiger partial charge in [0.1, 0.15) is 6.10 Å². The first kappa shape index (κ1) is 27.1. The molecule has 2 aromatic carbocycles. The molecule has 220 valence electrons. The minimum atomic E-state index is -4.45. The standard InChI is InChI=1S/C31H30F3N3O5/c1-35(26(39)11-4-17-2-6-20(7-3-17)31(32,33)34)22-9-8-21-24-14-18-5-10-25(38)28-27(18)30(21,29(22)42-28)12-13-36(24)16-19-15-23(19)37(40)41/h2-3,5-7,10,19,21-24,29,38H,8-9,12-16H2,1H3/t19?,21-,22+,23?,24+,29-,30-/m0/s1. The maximum Gasteiger partial charge on any atom is 0.416 e. The fourth-order valence-corrected chi connectivity index (χ4v) is 8.32. The first-order valence-electron chi connectivity index (χ1n) is 14.3. The highest BCUT2D eigenvalue weighted by Crippen LogP contribution is 2.64. The Balaban J connectivity index is 1.16. The van der Waals surface area contributed by atoms with E-state index in [1.54, 1.807) is 18.0 Å². The lowest BCUT2D eigenvalue weighted by Gasteiger charge is -2.60. The molecule has 3 aliphatic carbocycles. The van der Waals surface area contributed by atoms with Crippen LogP contribution in [0, 0.1) is 33.8 Å². The van der Waals surface area contributed by atoms with Crippen molar-refractivity contribution in [2.75, 3.05) is 20.1 Å². The van der Waals surface area contributed by atoms with Gasteiger partial charge in [-0.3, -0.25) is 19.8 Å². The molecule has 11 heteroatoms. The molecule has 42 heavy (non-hydrogen) atoms. The van der Waals surface area contributed by atoms with E-state index in [1.807, 2.05) is 6.07 Å². The normalized spacial score (nSPS) is 32.2.